The largest absolute Gasteiger partial charge is 0.394 e. The van der Waals surface area contributed by atoms with E-state index >= 15 is 0 Å². The summed E-state index contributed by atoms with van der Waals surface area (Å²) in [6, 6.07) is -1.19. The molecule has 0 radical (unpaired) electrons. The molecule has 0 bridgehead atoms. The van der Waals surface area contributed by atoms with E-state index in [1.54, 1.807) is 0 Å². The molecule has 0 aromatic carbocycles. The minimum atomic E-state index is -1.67. The zero-order valence-electron chi connectivity index (χ0n) is 42.6. The number of carbonyl (C=O) groups excluding carboxylic acids is 1. The summed E-state index contributed by atoms with van der Waals surface area (Å²) in [7, 11) is 0. The Hall–Kier alpha value is -1.93. The molecule has 9 atom stereocenters. The van der Waals surface area contributed by atoms with Crippen LogP contribution in [0, 0.1) is 0 Å². The van der Waals surface area contributed by atoms with Crippen molar-refractivity contribution in [2.75, 3.05) is 13.2 Å². The van der Waals surface area contributed by atoms with Gasteiger partial charge in [0.15, 0.2) is 6.29 Å². The highest BCUT2D eigenvalue weighted by Gasteiger charge is 2.44. The van der Waals surface area contributed by atoms with Crippen molar-refractivity contribution < 1.29 is 50.0 Å². The van der Waals surface area contributed by atoms with E-state index in [0.717, 1.165) is 51.4 Å². The molecule has 0 aromatic heterocycles. The zero-order valence-corrected chi connectivity index (χ0v) is 42.6. The Bertz CT molecular complexity index is 1230. The lowest BCUT2D eigenvalue weighted by Gasteiger charge is -2.40. The Morgan fingerprint density at radius 1 is 0.522 bits per heavy atom. The van der Waals surface area contributed by atoms with Crippen molar-refractivity contribution in [3.8, 4) is 0 Å². The third-order valence-corrected chi connectivity index (χ3v) is 13.1. The topological polar surface area (TPSA) is 189 Å². The SMILES string of the molecule is CC/C=C/CC/C=C/CC/C=C/CCCC(O)C(O)C(COC1OC(CO)C(O)C(O)C1O)NC(=O)C(O)CCCCCCCCCCCCC/C=C\CCCCCCCCCCCCCC. The van der Waals surface area contributed by atoms with Gasteiger partial charge in [-0.05, 0) is 83.5 Å². The third-order valence-electron chi connectivity index (χ3n) is 13.1. The molecular formula is C56H103NO10. The normalized spacial score (nSPS) is 21.0. The van der Waals surface area contributed by atoms with Gasteiger partial charge in [-0.15, -0.1) is 0 Å². The van der Waals surface area contributed by atoms with Crippen LogP contribution in [0.2, 0.25) is 0 Å². The maximum atomic E-state index is 13.1. The molecule has 11 nitrogen and oxygen atoms in total. The van der Waals surface area contributed by atoms with Crippen LogP contribution in [-0.4, -0.2) is 110 Å². The van der Waals surface area contributed by atoms with Crippen LogP contribution in [0.25, 0.3) is 0 Å². The molecule has 392 valence electrons. The molecule has 1 amide bonds. The molecule has 1 rings (SSSR count). The first-order valence-corrected chi connectivity index (χ1v) is 27.5. The van der Waals surface area contributed by atoms with E-state index in [0.29, 0.717) is 19.3 Å². The number of ether oxygens (including phenoxy) is 2. The summed E-state index contributed by atoms with van der Waals surface area (Å²) in [4.78, 5) is 13.1. The summed E-state index contributed by atoms with van der Waals surface area (Å²) in [5.41, 5.74) is 0. The first-order valence-electron chi connectivity index (χ1n) is 27.5. The highest BCUT2D eigenvalue weighted by molar-refractivity contribution is 5.80. The van der Waals surface area contributed by atoms with Gasteiger partial charge in [0.05, 0.1) is 25.4 Å². The average Bonchev–Trinajstić information content (AvgIpc) is 3.33. The Morgan fingerprint density at radius 3 is 1.40 bits per heavy atom. The summed E-state index contributed by atoms with van der Waals surface area (Å²) < 4.78 is 11.1. The Balaban J connectivity index is 2.29. The fraction of sp³-hybridized carbons (Fsp3) is 0.839. The van der Waals surface area contributed by atoms with Gasteiger partial charge in [0.2, 0.25) is 5.91 Å². The number of aliphatic hydroxyl groups is 7. The van der Waals surface area contributed by atoms with E-state index in [2.05, 4.69) is 67.8 Å². The van der Waals surface area contributed by atoms with E-state index in [1.807, 2.05) is 0 Å². The predicted octanol–water partition coefficient (Wildman–Crippen LogP) is 10.9. The number of hydrogen-bond donors (Lipinski definition) is 8. The minimum Gasteiger partial charge on any atom is -0.394 e. The number of unbranched alkanes of at least 4 members (excludes halogenated alkanes) is 26. The van der Waals surface area contributed by atoms with Crippen LogP contribution in [-0.2, 0) is 14.3 Å². The Labute approximate surface area is 409 Å². The lowest BCUT2D eigenvalue weighted by molar-refractivity contribution is -0.303. The fourth-order valence-electron chi connectivity index (χ4n) is 8.59. The number of amides is 1. The van der Waals surface area contributed by atoms with Crippen molar-refractivity contribution in [2.45, 2.75) is 287 Å². The minimum absolute atomic E-state index is 0.239. The second-order valence-electron chi connectivity index (χ2n) is 19.2. The number of hydrogen-bond acceptors (Lipinski definition) is 10. The van der Waals surface area contributed by atoms with Gasteiger partial charge in [-0.25, -0.2) is 0 Å². The predicted molar refractivity (Wildman–Crippen MR) is 275 cm³/mol. The summed E-state index contributed by atoms with van der Waals surface area (Å²) in [6.07, 6.45) is 44.7. The molecule has 1 heterocycles. The van der Waals surface area contributed by atoms with Gasteiger partial charge in [0, 0.05) is 0 Å². The molecule has 0 spiro atoms. The smallest absolute Gasteiger partial charge is 0.249 e. The number of allylic oxidation sites excluding steroid dienone is 8. The van der Waals surface area contributed by atoms with Gasteiger partial charge in [0.1, 0.15) is 36.6 Å². The van der Waals surface area contributed by atoms with Gasteiger partial charge in [-0.1, -0.05) is 197 Å². The second-order valence-corrected chi connectivity index (χ2v) is 19.2. The highest BCUT2D eigenvalue weighted by Crippen LogP contribution is 2.23. The maximum absolute atomic E-state index is 13.1. The Kier molecular flexibility index (Phi) is 42.6. The molecule has 67 heavy (non-hydrogen) atoms. The van der Waals surface area contributed by atoms with Crippen molar-refractivity contribution in [2.24, 2.45) is 0 Å². The van der Waals surface area contributed by atoms with Crippen molar-refractivity contribution in [1.29, 1.82) is 0 Å². The number of rotatable bonds is 46. The molecule has 0 aliphatic carbocycles. The fourth-order valence-corrected chi connectivity index (χ4v) is 8.59. The summed E-state index contributed by atoms with van der Waals surface area (Å²) in [5, 5.41) is 75.8. The van der Waals surface area contributed by atoms with E-state index in [9.17, 15) is 40.5 Å². The quantitative estimate of drug-likeness (QED) is 0.0215. The molecule has 9 unspecified atom stereocenters. The lowest BCUT2D eigenvalue weighted by Crippen LogP contribution is -2.60. The van der Waals surface area contributed by atoms with E-state index in [-0.39, 0.29) is 12.8 Å². The van der Waals surface area contributed by atoms with Gasteiger partial charge in [-0.3, -0.25) is 4.79 Å². The van der Waals surface area contributed by atoms with Gasteiger partial charge in [-0.2, -0.15) is 0 Å². The molecule has 11 heteroatoms. The standard InChI is InChI=1S/C56H103NO10/c1-3-5-7-9-11-13-15-17-18-19-20-21-22-23-24-25-26-27-28-29-30-32-34-36-38-40-42-44-49(60)55(65)57-47(46-66-56-54(64)53(63)52(62)50(45-58)67-56)51(61)48(59)43-41-39-37-35-33-31-16-14-12-10-8-6-4-2/h6,8,14,16,23-24,35,37,47-54,56,58-64H,3-5,7,9-13,15,17-22,25-34,36,38-46H2,1-2H3,(H,57,65)/b8-6+,16-14+,24-23-,37-35+. The first kappa shape index (κ1) is 63.1. The van der Waals surface area contributed by atoms with Crippen LogP contribution in [0.1, 0.15) is 232 Å². The van der Waals surface area contributed by atoms with Crippen LogP contribution in [0.5, 0.6) is 0 Å². The van der Waals surface area contributed by atoms with Crippen LogP contribution in [0.4, 0.5) is 0 Å². The summed E-state index contributed by atoms with van der Waals surface area (Å²) in [5.74, 6) is -0.714. The van der Waals surface area contributed by atoms with Gasteiger partial charge < -0.3 is 50.5 Å². The molecule has 1 aliphatic rings. The van der Waals surface area contributed by atoms with Crippen LogP contribution >= 0.6 is 0 Å². The second kappa shape index (κ2) is 45.2. The van der Waals surface area contributed by atoms with E-state index in [4.69, 9.17) is 9.47 Å². The van der Waals surface area contributed by atoms with Crippen molar-refractivity contribution in [1.82, 2.24) is 5.32 Å². The number of carbonyl (C=O) groups is 1. The molecule has 8 N–H and O–H groups in total. The first-order chi connectivity index (χ1) is 32.7. The monoisotopic (exact) mass is 950 g/mol. The lowest BCUT2D eigenvalue weighted by atomic mass is 9.98. The summed E-state index contributed by atoms with van der Waals surface area (Å²) >= 11 is 0. The molecule has 0 aromatic rings. The maximum Gasteiger partial charge on any atom is 0.249 e. The van der Waals surface area contributed by atoms with Crippen LogP contribution < -0.4 is 5.32 Å². The zero-order chi connectivity index (χ0) is 49.0. The average molecular weight is 950 g/mol. The van der Waals surface area contributed by atoms with Crippen LogP contribution in [0.3, 0.4) is 0 Å². The van der Waals surface area contributed by atoms with Crippen molar-refractivity contribution >= 4 is 5.91 Å². The van der Waals surface area contributed by atoms with Crippen molar-refractivity contribution in [3.05, 3.63) is 48.6 Å². The Morgan fingerprint density at radius 2 is 0.940 bits per heavy atom. The van der Waals surface area contributed by atoms with Gasteiger partial charge in [0.25, 0.3) is 0 Å². The molecule has 1 aliphatic heterocycles. The molecule has 1 fully saturated rings. The van der Waals surface area contributed by atoms with Crippen molar-refractivity contribution in [3.63, 3.8) is 0 Å². The highest BCUT2D eigenvalue weighted by atomic mass is 16.7. The number of aliphatic hydroxyl groups excluding tert-OH is 7. The summed E-state index contributed by atoms with van der Waals surface area (Å²) in [6.45, 7) is 3.32. The van der Waals surface area contributed by atoms with Gasteiger partial charge >= 0.3 is 0 Å². The molecule has 0 saturated carbocycles. The van der Waals surface area contributed by atoms with Crippen LogP contribution in [0.15, 0.2) is 48.6 Å². The number of nitrogens with one attached hydrogen (secondary N) is 1. The molecule has 1 saturated heterocycles. The molecular weight excluding hydrogens is 847 g/mol. The van der Waals surface area contributed by atoms with E-state index < -0.39 is 74.2 Å². The third kappa shape index (κ3) is 34.1. The van der Waals surface area contributed by atoms with E-state index in [1.165, 1.54) is 135 Å².